The molecule has 0 aliphatic rings. The SMILES string of the molecule is CC(N)Cc1cc(C(F)(F)F)ccc1CC(F)(F)F. The van der Waals surface area contributed by atoms with Crippen LogP contribution in [0.5, 0.6) is 0 Å². The molecule has 1 aromatic rings. The molecule has 1 rings (SSSR count). The minimum absolute atomic E-state index is 0.0119. The van der Waals surface area contributed by atoms with Gasteiger partial charge in [-0.1, -0.05) is 6.07 Å². The van der Waals surface area contributed by atoms with E-state index in [1.165, 1.54) is 6.92 Å². The van der Waals surface area contributed by atoms with Crippen molar-refractivity contribution >= 4 is 0 Å². The van der Waals surface area contributed by atoms with Crippen molar-refractivity contribution in [3.63, 3.8) is 0 Å². The maximum absolute atomic E-state index is 12.5. The Hall–Kier alpha value is -1.24. The second-order valence-electron chi connectivity index (χ2n) is 4.45. The number of benzene rings is 1. The highest BCUT2D eigenvalue weighted by molar-refractivity contribution is 5.34. The molecule has 1 unspecified atom stereocenters. The standard InChI is InChI=1S/C12H13F6N/c1-7(19)4-9-5-10(12(16,17)18)3-2-8(9)6-11(13,14)15/h2-3,5,7H,4,6,19H2,1H3. The Labute approximate surface area is 106 Å². The van der Waals surface area contributed by atoms with E-state index < -0.39 is 30.4 Å². The van der Waals surface area contributed by atoms with E-state index in [4.69, 9.17) is 5.73 Å². The van der Waals surface area contributed by atoms with Crippen molar-refractivity contribution in [1.29, 1.82) is 0 Å². The van der Waals surface area contributed by atoms with Gasteiger partial charge in [0.25, 0.3) is 0 Å². The lowest BCUT2D eigenvalue weighted by Gasteiger charge is -2.16. The molecule has 108 valence electrons. The van der Waals surface area contributed by atoms with Gasteiger partial charge in [-0.25, -0.2) is 0 Å². The molecule has 19 heavy (non-hydrogen) atoms. The van der Waals surface area contributed by atoms with Crippen LogP contribution in [0.15, 0.2) is 18.2 Å². The van der Waals surface area contributed by atoms with Crippen LogP contribution < -0.4 is 5.73 Å². The van der Waals surface area contributed by atoms with Crippen molar-refractivity contribution in [2.75, 3.05) is 0 Å². The molecule has 1 atom stereocenters. The van der Waals surface area contributed by atoms with Crippen LogP contribution in [0.25, 0.3) is 0 Å². The van der Waals surface area contributed by atoms with E-state index in [2.05, 4.69) is 0 Å². The smallest absolute Gasteiger partial charge is 0.328 e. The first kappa shape index (κ1) is 15.8. The first-order valence-corrected chi connectivity index (χ1v) is 5.50. The fraction of sp³-hybridized carbons (Fsp3) is 0.500. The van der Waals surface area contributed by atoms with Gasteiger partial charge in [0.05, 0.1) is 12.0 Å². The fourth-order valence-corrected chi connectivity index (χ4v) is 1.73. The molecule has 0 aliphatic carbocycles. The van der Waals surface area contributed by atoms with Crippen LogP contribution >= 0.6 is 0 Å². The highest BCUT2D eigenvalue weighted by Crippen LogP contribution is 2.32. The molecular formula is C12H13F6N. The molecule has 0 aliphatic heterocycles. The van der Waals surface area contributed by atoms with Crippen LogP contribution in [0.2, 0.25) is 0 Å². The summed E-state index contributed by atoms with van der Waals surface area (Å²) >= 11 is 0. The summed E-state index contributed by atoms with van der Waals surface area (Å²) in [5, 5.41) is 0. The van der Waals surface area contributed by atoms with E-state index in [9.17, 15) is 26.3 Å². The Kier molecular flexibility index (Phi) is 4.50. The predicted octanol–water partition coefficient (Wildman–Crippen LogP) is 3.70. The third-order valence-electron chi connectivity index (χ3n) is 2.47. The second-order valence-corrected chi connectivity index (χ2v) is 4.45. The van der Waals surface area contributed by atoms with Gasteiger partial charge in [-0.2, -0.15) is 26.3 Å². The van der Waals surface area contributed by atoms with Gasteiger partial charge in [-0.05, 0) is 36.6 Å². The minimum atomic E-state index is -4.58. The van der Waals surface area contributed by atoms with Crippen LogP contribution in [-0.2, 0) is 19.0 Å². The van der Waals surface area contributed by atoms with Crippen molar-refractivity contribution in [1.82, 2.24) is 0 Å². The van der Waals surface area contributed by atoms with Crippen molar-refractivity contribution < 1.29 is 26.3 Å². The lowest BCUT2D eigenvalue weighted by Crippen LogP contribution is -2.21. The largest absolute Gasteiger partial charge is 0.416 e. The van der Waals surface area contributed by atoms with Crippen LogP contribution in [-0.4, -0.2) is 12.2 Å². The molecule has 0 fully saturated rings. The van der Waals surface area contributed by atoms with E-state index in [1.54, 1.807) is 0 Å². The van der Waals surface area contributed by atoms with E-state index >= 15 is 0 Å². The third kappa shape index (κ3) is 5.10. The number of hydrogen-bond donors (Lipinski definition) is 1. The Morgan fingerprint density at radius 1 is 1.05 bits per heavy atom. The molecule has 1 aromatic carbocycles. The molecule has 0 aromatic heterocycles. The zero-order valence-corrected chi connectivity index (χ0v) is 10.1. The average Bonchev–Trinajstić information content (AvgIpc) is 2.15. The molecule has 0 saturated heterocycles. The van der Waals surface area contributed by atoms with Crippen LogP contribution in [0.3, 0.4) is 0 Å². The molecule has 0 heterocycles. The Morgan fingerprint density at radius 3 is 2.05 bits per heavy atom. The first-order valence-electron chi connectivity index (χ1n) is 5.50. The predicted molar refractivity (Wildman–Crippen MR) is 58.6 cm³/mol. The topological polar surface area (TPSA) is 26.0 Å². The summed E-state index contributed by atoms with van der Waals surface area (Å²) in [5.41, 5.74) is 4.31. The maximum atomic E-state index is 12.5. The van der Waals surface area contributed by atoms with Crippen molar-refractivity contribution in [3.8, 4) is 0 Å². The summed E-state index contributed by atoms with van der Waals surface area (Å²) in [5.74, 6) is 0. The first-order chi connectivity index (χ1) is 8.49. The molecule has 0 radical (unpaired) electrons. The normalized spacial score (nSPS) is 14.5. The molecule has 0 bridgehead atoms. The second kappa shape index (κ2) is 5.40. The fourth-order valence-electron chi connectivity index (χ4n) is 1.73. The van der Waals surface area contributed by atoms with Gasteiger partial charge in [0, 0.05) is 6.04 Å². The highest BCUT2D eigenvalue weighted by atomic mass is 19.4. The lowest BCUT2D eigenvalue weighted by molar-refractivity contribution is -0.137. The third-order valence-corrected chi connectivity index (χ3v) is 2.47. The van der Waals surface area contributed by atoms with Crippen LogP contribution in [0.1, 0.15) is 23.6 Å². The van der Waals surface area contributed by atoms with E-state index in [1.807, 2.05) is 0 Å². The van der Waals surface area contributed by atoms with Crippen LogP contribution in [0.4, 0.5) is 26.3 Å². The van der Waals surface area contributed by atoms with Gasteiger partial charge in [0.15, 0.2) is 0 Å². The Balaban J connectivity index is 3.17. The van der Waals surface area contributed by atoms with E-state index in [0.717, 1.165) is 12.1 Å². The number of hydrogen-bond acceptors (Lipinski definition) is 1. The van der Waals surface area contributed by atoms with E-state index in [-0.39, 0.29) is 17.5 Å². The summed E-state index contributed by atoms with van der Waals surface area (Å²) in [6.45, 7) is 1.53. The molecule has 0 saturated carbocycles. The highest BCUT2D eigenvalue weighted by Gasteiger charge is 2.33. The monoisotopic (exact) mass is 285 g/mol. The maximum Gasteiger partial charge on any atom is 0.416 e. The summed E-state index contributed by atoms with van der Waals surface area (Å²) < 4.78 is 74.6. The zero-order valence-electron chi connectivity index (χ0n) is 10.1. The van der Waals surface area contributed by atoms with Crippen molar-refractivity contribution in [2.45, 2.75) is 38.2 Å². The van der Waals surface area contributed by atoms with Crippen molar-refractivity contribution in [2.24, 2.45) is 5.73 Å². The molecule has 1 nitrogen and oxygen atoms in total. The summed E-state index contributed by atoms with van der Waals surface area (Å²) in [6, 6.07) is 1.75. The number of halogens is 6. The summed E-state index contributed by atoms with van der Waals surface area (Å²) in [7, 11) is 0. The Morgan fingerprint density at radius 2 is 1.63 bits per heavy atom. The van der Waals surface area contributed by atoms with Gasteiger partial charge in [-0.15, -0.1) is 0 Å². The summed E-state index contributed by atoms with van der Waals surface area (Å²) in [4.78, 5) is 0. The lowest BCUT2D eigenvalue weighted by atomic mass is 9.96. The molecule has 0 amide bonds. The van der Waals surface area contributed by atoms with Crippen LogP contribution in [0, 0.1) is 0 Å². The molecule has 2 N–H and O–H groups in total. The quantitative estimate of drug-likeness (QED) is 0.842. The van der Waals surface area contributed by atoms with Gasteiger partial charge in [0.1, 0.15) is 0 Å². The molecular weight excluding hydrogens is 272 g/mol. The molecule has 7 heteroatoms. The van der Waals surface area contributed by atoms with Gasteiger partial charge in [0.2, 0.25) is 0 Å². The average molecular weight is 285 g/mol. The van der Waals surface area contributed by atoms with Gasteiger partial charge >= 0.3 is 12.4 Å². The van der Waals surface area contributed by atoms with Gasteiger partial charge < -0.3 is 5.73 Å². The summed E-state index contributed by atoms with van der Waals surface area (Å²) in [6.07, 6.45) is -10.3. The number of alkyl halides is 6. The number of nitrogens with two attached hydrogens (primary N) is 1. The molecule has 0 spiro atoms. The van der Waals surface area contributed by atoms with Crippen molar-refractivity contribution in [3.05, 3.63) is 34.9 Å². The minimum Gasteiger partial charge on any atom is -0.328 e. The van der Waals surface area contributed by atoms with E-state index in [0.29, 0.717) is 6.07 Å². The van der Waals surface area contributed by atoms with Gasteiger partial charge in [-0.3, -0.25) is 0 Å². The Bertz CT molecular complexity index is 433. The zero-order chi connectivity index (χ0) is 14.8. The number of rotatable bonds is 3.